The zero-order valence-electron chi connectivity index (χ0n) is 12.0. The lowest BCUT2D eigenvalue weighted by molar-refractivity contribution is 0.0690. The number of piperidine rings is 1. The molecule has 2 heterocycles. The van der Waals surface area contributed by atoms with E-state index in [4.69, 9.17) is 0 Å². The number of carboxylic acids is 1. The van der Waals surface area contributed by atoms with Crippen LogP contribution in [0.1, 0.15) is 35.3 Å². The number of aromatic nitrogens is 1. The predicted octanol–water partition coefficient (Wildman–Crippen LogP) is 2.94. The molecule has 0 bridgehead atoms. The number of carbonyl (C=O) groups is 1. The standard InChI is InChI=1S/C16H18N2O3/c1-10-13(16(20)21)17-14-11(6-5-7-12(14)19)15(10)18-8-3-2-4-9-18/h5-7,19H,2-4,8-9H2,1H3,(H,20,21). The Morgan fingerprint density at radius 1 is 1.24 bits per heavy atom. The Labute approximate surface area is 122 Å². The third kappa shape index (κ3) is 2.28. The number of hydrogen-bond donors (Lipinski definition) is 2. The summed E-state index contributed by atoms with van der Waals surface area (Å²) in [6.45, 7) is 3.62. The summed E-state index contributed by atoms with van der Waals surface area (Å²) in [5.74, 6) is -1.04. The van der Waals surface area contributed by atoms with Crippen molar-refractivity contribution in [2.45, 2.75) is 26.2 Å². The third-order valence-corrected chi connectivity index (χ3v) is 4.08. The highest BCUT2D eigenvalue weighted by Crippen LogP contribution is 2.36. The van der Waals surface area contributed by atoms with Crippen molar-refractivity contribution in [2.75, 3.05) is 18.0 Å². The second-order valence-electron chi connectivity index (χ2n) is 5.46. The molecule has 2 aromatic rings. The number of anilines is 1. The van der Waals surface area contributed by atoms with Gasteiger partial charge in [-0.2, -0.15) is 0 Å². The van der Waals surface area contributed by atoms with Crippen molar-refractivity contribution in [3.05, 3.63) is 29.5 Å². The summed E-state index contributed by atoms with van der Waals surface area (Å²) < 4.78 is 0. The van der Waals surface area contributed by atoms with Gasteiger partial charge in [0.25, 0.3) is 0 Å². The van der Waals surface area contributed by atoms with Gasteiger partial charge >= 0.3 is 5.97 Å². The molecule has 1 fully saturated rings. The minimum atomic E-state index is -1.06. The van der Waals surface area contributed by atoms with Gasteiger partial charge in [0, 0.05) is 24.0 Å². The number of phenolic OH excluding ortho intramolecular Hbond substituents is 1. The van der Waals surface area contributed by atoms with Gasteiger partial charge in [0.1, 0.15) is 11.3 Å². The number of pyridine rings is 1. The molecular weight excluding hydrogens is 268 g/mol. The lowest BCUT2D eigenvalue weighted by Gasteiger charge is -2.31. The maximum atomic E-state index is 11.4. The maximum absolute atomic E-state index is 11.4. The third-order valence-electron chi connectivity index (χ3n) is 4.08. The van der Waals surface area contributed by atoms with E-state index in [1.807, 2.05) is 6.07 Å². The fraction of sp³-hybridized carbons (Fsp3) is 0.375. The van der Waals surface area contributed by atoms with E-state index in [1.165, 1.54) is 12.5 Å². The van der Waals surface area contributed by atoms with Crippen LogP contribution in [-0.4, -0.2) is 34.3 Å². The van der Waals surface area contributed by atoms with Crippen LogP contribution in [0.2, 0.25) is 0 Å². The molecule has 1 saturated heterocycles. The number of phenols is 1. The van der Waals surface area contributed by atoms with E-state index in [0.717, 1.165) is 37.0 Å². The molecular formula is C16H18N2O3. The zero-order valence-corrected chi connectivity index (χ0v) is 12.0. The number of carboxylic acid groups (broad SMARTS) is 1. The van der Waals surface area contributed by atoms with E-state index in [2.05, 4.69) is 9.88 Å². The van der Waals surface area contributed by atoms with E-state index in [9.17, 15) is 15.0 Å². The quantitative estimate of drug-likeness (QED) is 0.888. The van der Waals surface area contributed by atoms with Crippen LogP contribution in [0.5, 0.6) is 5.75 Å². The summed E-state index contributed by atoms with van der Waals surface area (Å²) in [7, 11) is 0. The average Bonchev–Trinajstić information content (AvgIpc) is 2.47. The predicted molar refractivity (Wildman–Crippen MR) is 81.2 cm³/mol. The Kier molecular flexibility index (Phi) is 3.41. The van der Waals surface area contributed by atoms with Gasteiger partial charge in [0.15, 0.2) is 5.69 Å². The first kappa shape index (κ1) is 13.7. The first-order valence-corrected chi connectivity index (χ1v) is 7.20. The Bertz CT molecular complexity index is 706. The normalized spacial score (nSPS) is 15.4. The van der Waals surface area contributed by atoms with Gasteiger partial charge < -0.3 is 15.1 Å². The molecule has 5 heteroatoms. The van der Waals surface area contributed by atoms with Crippen molar-refractivity contribution in [1.82, 2.24) is 4.98 Å². The molecule has 0 saturated carbocycles. The Hall–Kier alpha value is -2.30. The summed E-state index contributed by atoms with van der Waals surface area (Å²) in [5, 5.41) is 20.2. The van der Waals surface area contributed by atoms with Gasteiger partial charge in [-0.3, -0.25) is 0 Å². The van der Waals surface area contributed by atoms with E-state index in [0.29, 0.717) is 11.1 Å². The van der Waals surface area contributed by atoms with Gasteiger partial charge in [0.2, 0.25) is 0 Å². The molecule has 1 aromatic heterocycles. The minimum absolute atomic E-state index is 0.0181. The molecule has 1 aliphatic heterocycles. The SMILES string of the molecule is Cc1c(C(=O)O)nc2c(O)cccc2c1N1CCCCC1. The molecule has 5 nitrogen and oxygen atoms in total. The Balaban J connectivity index is 2.31. The van der Waals surface area contributed by atoms with Crippen molar-refractivity contribution < 1.29 is 15.0 Å². The smallest absolute Gasteiger partial charge is 0.354 e. The van der Waals surface area contributed by atoms with Crippen LogP contribution in [0.25, 0.3) is 10.9 Å². The van der Waals surface area contributed by atoms with E-state index >= 15 is 0 Å². The fourth-order valence-electron chi connectivity index (χ4n) is 3.08. The van der Waals surface area contributed by atoms with E-state index in [1.54, 1.807) is 13.0 Å². The zero-order chi connectivity index (χ0) is 15.0. The second kappa shape index (κ2) is 5.24. The number of aromatic carboxylic acids is 1. The van der Waals surface area contributed by atoms with Gasteiger partial charge in [-0.1, -0.05) is 12.1 Å². The molecule has 21 heavy (non-hydrogen) atoms. The lowest BCUT2D eigenvalue weighted by Crippen LogP contribution is -2.30. The number of para-hydroxylation sites is 1. The fourth-order valence-corrected chi connectivity index (χ4v) is 3.08. The monoisotopic (exact) mass is 286 g/mol. The molecule has 0 radical (unpaired) electrons. The van der Waals surface area contributed by atoms with Crippen molar-refractivity contribution >= 4 is 22.6 Å². The first-order valence-electron chi connectivity index (χ1n) is 7.20. The topological polar surface area (TPSA) is 73.7 Å². The number of fused-ring (bicyclic) bond motifs is 1. The maximum Gasteiger partial charge on any atom is 0.354 e. The van der Waals surface area contributed by atoms with E-state index < -0.39 is 5.97 Å². The molecule has 0 unspecified atom stereocenters. The number of aromatic hydroxyl groups is 1. The molecule has 110 valence electrons. The second-order valence-corrected chi connectivity index (χ2v) is 5.46. The Morgan fingerprint density at radius 3 is 2.62 bits per heavy atom. The van der Waals surface area contributed by atoms with Crippen LogP contribution in [0.15, 0.2) is 18.2 Å². The molecule has 2 N–H and O–H groups in total. The summed E-state index contributed by atoms with van der Waals surface area (Å²) in [4.78, 5) is 17.8. The van der Waals surface area contributed by atoms with Crippen molar-refractivity contribution in [3.8, 4) is 5.75 Å². The highest BCUT2D eigenvalue weighted by Gasteiger charge is 2.22. The largest absolute Gasteiger partial charge is 0.506 e. The summed E-state index contributed by atoms with van der Waals surface area (Å²) >= 11 is 0. The van der Waals surface area contributed by atoms with Crippen molar-refractivity contribution in [3.63, 3.8) is 0 Å². The molecule has 1 aliphatic rings. The number of hydrogen-bond acceptors (Lipinski definition) is 4. The highest BCUT2D eigenvalue weighted by atomic mass is 16.4. The van der Waals surface area contributed by atoms with Crippen LogP contribution in [-0.2, 0) is 0 Å². The molecule has 3 rings (SSSR count). The minimum Gasteiger partial charge on any atom is -0.506 e. The first-order chi connectivity index (χ1) is 10.1. The number of rotatable bonds is 2. The van der Waals surface area contributed by atoms with Crippen LogP contribution >= 0.6 is 0 Å². The average molecular weight is 286 g/mol. The number of benzene rings is 1. The molecule has 0 spiro atoms. The lowest BCUT2D eigenvalue weighted by atomic mass is 10.0. The van der Waals surface area contributed by atoms with Crippen LogP contribution < -0.4 is 4.90 Å². The van der Waals surface area contributed by atoms with E-state index in [-0.39, 0.29) is 11.4 Å². The van der Waals surface area contributed by atoms with Crippen LogP contribution in [0, 0.1) is 6.92 Å². The van der Waals surface area contributed by atoms with Crippen molar-refractivity contribution in [2.24, 2.45) is 0 Å². The highest BCUT2D eigenvalue weighted by molar-refractivity contribution is 6.02. The van der Waals surface area contributed by atoms with Gasteiger partial charge in [-0.05, 0) is 32.3 Å². The molecule has 0 atom stereocenters. The molecule has 1 aromatic carbocycles. The van der Waals surface area contributed by atoms with Crippen molar-refractivity contribution in [1.29, 1.82) is 0 Å². The van der Waals surface area contributed by atoms with Crippen LogP contribution in [0.4, 0.5) is 5.69 Å². The Morgan fingerprint density at radius 2 is 1.95 bits per heavy atom. The van der Waals surface area contributed by atoms with Gasteiger partial charge in [-0.25, -0.2) is 9.78 Å². The summed E-state index contributed by atoms with van der Waals surface area (Å²) in [6.07, 6.45) is 3.41. The molecule has 0 amide bonds. The van der Waals surface area contributed by atoms with Crippen LogP contribution in [0.3, 0.4) is 0 Å². The molecule has 0 aliphatic carbocycles. The number of nitrogens with zero attached hydrogens (tertiary/aromatic N) is 2. The summed E-state index contributed by atoms with van der Waals surface area (Å²) in [5.41, 5.74) is 1.95. The summed E-state index contributed by atoms with van der Waals surface area (Å²) in [6, 6.07) is 5.20. The van der Waals surface area contributed by atoms with Gasteiger partial charge in [0.05, 0.1) is 5.69 Å². The van der Waals surface area contributed by atoms with Gasteiger partial charge in [-0.15, -0.1) is 0 Å².